The van der Waals surface area contributed by atoms with Crippen LogP contribution in [0.5, 0.6) is 0 Å². The first-order valence-electron chi connectivity index (χ1n) is 14.6. The molecule has 10 nitrogen and oxygen atoms in total. The Morgan fingerprint density at radius 2 is 1.72 bits per heavy atom. The van der Waals surface area contributed by atoms with Crippen LogP contribution in [0.2, 0.25) is 0 Å². The van der Waals surface area contributed by atoms with Gasteiger partial charge in [0.05, 0.1) is 42.0 Å². The van der Waals surface area contributed by atoms with Crippen molar-refractivity contribution in [3.05, 3.63) is 89.9 Å². The third-order valence-corrected chi connectivity index (χ3v) is 7.84. The Morgan fingerprint density at radius 1 is 0.953 bits per heavy atom. The Hall–Kier alpha value is -4.83. The molecule has 220 valence electrons. The van der Waals surface area contributed by atoms with Crippen LogP contribution in [0.3, 0.4) is 0 Å². The maximum absolute atomic E-state index is 12.9. The number of aliphatic carboxylic acids is 1. The van der Waals surface area contributed by atoms with Gasteiger partial charge in [-0.1, -0.05) is 50.2 Å². The van der Waals surface area contributed by atoms with E-state index in [1.807, 2.05) is 40.9 Å². The first-order valence-corrected chi connectivity index (χ1v) is 14.6. The second kappa shape index (κ2) is 12.2. The lowest BCUT2D eigenvalue weighted by Gasteiger charge is -2.28. The number of para-hydroxylation sites is 1. The van der Waals surface area contributed by atoms with Crippen LogP contribution in [0.15, 0.2) is 72.9 Å². The van der Waals surface area contributed by atoms with Gasteiger partial charge >= 0.3 is 5.97 Å². The molecule has 6 rings (SSSR count). The normalized spacial score (nSPS) is 14.3. The predicted molar refractivity (Wildman–Crippen MR) is 164 cm³/mol. The maximum Gasteiger partial charge on any atom is 0.326 e. The van der Waals surface area contributed by atoms with E-state index >= 15 is 0 Å². The molecule has 1 saturated heterocycles. The molecule has 3 aromatic heterocycles. The predicted octanol–water partition coefficient (Wildman–Crippen LogP) is 4.41. The quantitative estimate of drug-likeness (QED) is 0.264. The van der Waals surface area contributed by atoms with Crippen molar-refractivity contribution >= 4 is 34.1 Å². The number of carboxylic acid groups (broad SMARTS) is 1. The number of amides is 1. The summed E-state index contributed by atoms with van der Waals surface area (Å²) < 4.78 is 7.45. The topological polar surface area (TPSA) is 122 Å². The van der Waals surface area contributed by atoms with Crippen molar-refractivity contribution < 1.29 is 19.4 Å². The molecule has 1 amide bonds. The third kappa shape index (κ3) is 5.91. The van der Waals surface area contributed by atoms with Gasteiger partial charge in [-0.25, -0.2) is 14.3 Å². The zero-order valence-corrected chi connectivity index (χ0v) is 24.2. The lowest BCUT2D eigenvalue weighted by Crippen LogP contribution is -2.44. The highest BCUT2D eigenvalue weighted by Gasteiger charge is 2.25. The van der Waals surface area contributed by atoms with E-state index in [2.05, 4.69) is 28.4 Å². The van der Waals surface area contributed by atoms with Crippen LogP contribution < -0.4 is 10.2 Å². The lowest BCUT2D eigenvalue weighted by atomic mass is 10.0. The van der Waals surface area contributed by atoms with E-state index in [1.165, 1.54) is 0 Å². The Bertz CT molecular complexity index is 1780. The standard InChI is InChI=1S/C33H34N6O4/c1-21(2)29(33(41)42)37-32(40)24-9-7-23(8-10-24)30-27(14-13-25-12-11-22-5-3-4-6-26(22)35-25)36-31-28(15-16-34-39(30)31)38-17-19-43-20-18-38/h3-12,15-16,21,29H,13-14,17-20H2,1-2H3,(H,37,40)(H,41,42)/t29-/m0/s1. The molecule has 0 bridgehead atoms. The highest BCUT2D eigenvalue weighted by molar-refractivity contribution is 5.97. The summed E-state index contributed by atoms with van der Waals surface area (Å²) in [6, 6.07) is 20.4. The number of fused-ring (bicyclic) bond motifs is 2. The Morgan fingerprint density at radius 3 is 2.47 bits per heavy atom. The van der Waals surface area contributed by atoms with Gasteiger partial charge in [0, 0.05) is 35.3 Å². The van der Waals surface area contributed by atoms with Crippen molar-refractivity contribution in [1.29, 1.82) is 0 Å². The van der Waals surface area contributed by atoms with Gasteiger partial charge in [0.15, 0.2) is 5.65 Å². The van der Waals surface area contributed by atoms with Crippen LogP contribution in [-0.2, 0) is 22.4 Å². The molecule has 5 aromatic rings. The minimum Gasteiger partial charge on any atom is -0.480 e. The molecule has 1 aliphatic rings. The molecule has 0 saturated carbocycles. The molecule has 1 aliphatic heterocycles. The van der Waals surface area contributed by atoms with Crippen molar-refractivity contribution in [1.82, 2.24) is 24.9 Å². The summed E-state index contributed by atoms with van der Waals surface area (Å²) in [7, 11) is 0. The number of morpholine rings is 1. The fraction of sp³-hybridized carbons (Fsp3) is 0.303. The molecule has 10 heteroatoms. The van der Waals surface area contributed by atoms with E-state index < -0.39 is 17.9 Å². The van der Waals surface area contributed by atoms with E-state index in [0.717, 1.165) is 58.0 Å². The molecule has 43 heavy (non-hydrogen) atoms. The van der Waals surface area contributed by atoms with Gasteiger partial charge < -0.3 is 20.1 Å². The largest absolute Gasteiger partial charge is 0.480 e. The molecule has 0 aliphatic carbocycles. The van der Waals surface area contributed by atoms with Gasteiger partial charge in [-0.2, -0.15) is 5.10 Å². The van der Waals surface area contributed by atoms with Gasteiger partial charge in [0.2, 0.25) is 0 Å². The number of anilines is 1. The number of aryl methyl sites for hydroxylation is 2. The minimum absolute atomic E-state index is 0.245. The number of carbonyl (C=O) groups excluding carboxylic acids is 1. The van der Waals surface area contributed by atoms with Crippen molar-refractivity contribution in [2.45, 2.75) is 32.7 Å². The number of carboxylic acids is 1. The van der Waals surface area contributed by atoms with Gasteiger partial charge in [-0.15, -0.1) is 0 Å². The molecule has 4 heterocycles. The van der Waals surface area contributed by atoms with Gasteiger partial charge in [0.25, 0.3) is 5.91 Å². The molecule has 0 unspecified atom stereocenters. The van der Waals surface area contributed by atoms with E-state index in [9.17, 15) is 14.7 Å². The zero-order chi connectivity index (χ0) is 29.9. The van der Waals surface area contributed by atoms with Crippen LogP contribution >= 0.6 is 0 Å². The van der Waals surface area contributed by atoms with Crippen LogP contribution in [0.4, 0.5) is 5.69 Å². The summed E-state index contributed by atoms with van der Waals surface area (Å²) in [4.78, 5) is 36.7. The van der Waals surface area contributed by atoms with Crippen molar-refractivity contribution in [2.75, 3.05) is 31.2 Å². The lowest BCUT2D eigenvalue weighted by molar-refractivity contribution is -0.140. The Balaban J connectivity index is 1.35. The molecular formula is C33H34N6O4. The number of aromatic nitrogens is 4. The Labute approximate surface area is 249 Å². The number of imidazole rings is 1. The minimum atomic E-state index is -1.06. The summed E-state index contributed by atoms with van der Waals surface area (Å²) in [6.07, 6.45) is 3.13. The van der Waals surface area contributed by atoms with E-state index in [1.54, 1.807) is 32.2 Å². The zero-order valence-electron chi connectivity index (χ0n) is 24.2. The van der Waals surface area contributed by atoms with Crippen molar-refractivity contribution in [3.63, 3.8) is 0 Å². The van der Waals surface area contributed by atoms with Crippen LogP contribution in [0.25, 0.3) is 27.8 Å². The highest BCUT2D eigenvalue weighted by atomic mass is 16.5. The van der Waals surface area contributed by atoms with Gasteiger partial charge in [-0.3, -0.25) is 9.78 Å². The summed E-state index contributed by atoms with van der Waals surface area (Å²) in [5.74, 6) is -1.73. The summed E-state index contributed by atoms with van der Waals surface area (Å²) in [5.41, 5.74) is 6.68. The van der Waals surface area contributed by atoms with Gasteiger partial charge in [0.1, 0.15) is 6.04 Å². The summed E-state index contributed by atoms with van der Waals surface area (Å²) in [5, 5.41) is 17.9. The smallest absolute Gasteiger partial charge is 0.326 e. The molecule has 1 atom stereocenters. The van der Waals surface area contributed by atoms with Gasteiger partial charge in [-0.05, 0) is 49.1 Å². The third-order valence-electron chi connectivity index (χ3n) is 7.84. The number of rotatable bonds is 9. The fourth-order valence-electron chi connectivity index (χ4n) is 5.51. The molecule has 0 spiro atoms. The maximum atomic E-state index is 12.9. The number of nitrogens with zero attached hydrogens (tertiary/aromatic N) is 5. The molecule has 2 N–H and O–H groups in total. The second-order valence-electron chi connectivity index (χ2n) is 11.1. The molecule has 1 fully saturated rings. The second-order valence-corrected chi connectivity index (χ2v) is 11.1. The van der Waals surface area contributed by atoms with Crippen LogP contribution in [0, 0.1) is 5.92 Å². The number of nitrogens with one attached hydrogen (secondary N) is 1. The van der Waals surface area contributed by atoms with E-state index in [4.69, 9.17) is 19.8 Å². The number of ether oxygens (including phenoxy) is 1. The van der Waals surface area contributed by atoms with Crippen molar-refractivity contribution in [3.8, 4) is 11.3 Å². The SMILES string of the molecule is CC(C)[C@H](NC(=O)c1ccc(-c2c(CCc3ccc4ccccc4n3)nc3c(N4CCOCC4)ccnn23)cc1)C(=O)O. The van der Waals surface area contributed by atoms with Crippen LogP contribution in [0.1, 0.15) is 35.6 Å². The first-order chi connectivity index (χ1) is 20.9. The number of benzene rings is 2. The first kappa shape index (κ1) is 28.3. The average molecular weight is 579 g/mol. The monoisotopic (exact) mass is 578 g/mol. The number of carbonyl (C=O) groups is 2. The number of hydrogen-bond donors (Lipinski definition) is 2. The molecule has 0 radical (unpaired) electrons. The molecular weight excluding hydrogens is 544 g/mol. The number of hydrogen-bond acceptors (Lipinski definition) is 7. The fourth-order valence-corrected chi connectivity index (χ4v) is 5.51. The highest BCUT2D eigenvalue weighted by Crippen LogP contribution is 2.31. The van der Waals surface area contributed by atoms with E-state index in [0.29, 0.717) is 31.6 Å². The summed E-state index contributed by atoms with van der Waals surface area (Å²) in [6.45, 7) is 6.39. The average Bonchev–Trinajstić information content (AvgIpc) is 3.41. The van der Waals surface area contributed by atoms with E-state index in [-0.39, 0.29) is 5.92 Å². The summed E-state index contributed by atoms with van der Waals surface area (Å²) >= 11 is 0. The van der Waals surface area contributed by atoms with Crippen molar-refractivity contribution in [2.24, 2.45) is 5.92 Å². The van der Waals surface area contributed by atoms with Crippen LogP contribution in [-0.4, -0.2) is 68.9 Å². The molecule has 2 aromatic carbocycles. The number of pyridine rings is 1. The Kier molecular flexibility index (Phi) is 8.02.